The monoisotopic (exact) mass is 727 g/mol. The Balaban J connectivity index is 1.03. The van der Waals surface area contributed by atoms with Crippen LogP contribution in [0.5, 0.6) is 11.5 Å². The number of aromatic nitrogens is 3. The smallest absolute Gasteiger partial charge is 0.265 e. The minimum Gasteiger partial charge on any atom is -0.496 e. The summed E-state index contributed by atoms with van der Waals surface area (Å²) in [6, 6.07) is 16.7. The standard InChI is InChI=1S/C42H42FN7O4/c1-27-33-7-5-6-28(34(33)11-13-50(27)41(51)30(21-44)18-32-9-8-31(43)22-46-32)24-48-14-16-49(17-15-48)26-38-39(53-3)19-29(20-40(38)54-4)37-25-47(2)42(52)36-23-45-12-10-35(36)37/h5-10,12,18-20,22-23,25,27H,11,13-17,24,26H2,1-4H3/b30-18-. The Morgan fingerprint density at radius 1 is 0.981 bits per heavy atom. The van der Waals surface area contributed by atoms with Crippen LogP contribution in [0.25, 0.3) is 28.0 Å². The van der Waals surface area contributed by atoms with E-state index in [1.54, 1.807) is 43.1 Å². The van der Waals surface area contributed by atoms with E-state index in [9.17, 15) is 19.2 Å². The molecule has 2 aromatic carbocycles. The first-order chi connectivity index (χ1) is 26.2. The van der Waals surface area contributed by atoms with Crippen LogP contribution in [-0.2, 0) is 31.4 Å². The molecule has 2 aliphatic heterocycles. The molecule has 54 heavy (non-hydrogen) atoms. The normalized spacial score (nSPS) is 16.6. The van der Waals surface area contributed by atoms with Crippen molar-refractivity contribution in [3.8, 4) is 28.7 Å². The average Bonchev–Trinajstić information content (AvgIpc) is 3.20. The quantitative estimate of drug-likeness (QED) is 0.143. The number of hydrogen-bond donors (Lipinski definition) is 0. The van der Waals surface area contributed by atoms with Gasteiger partial charge in [0.05, 0.1) is 43.1 Å². The molecule has 5 aromatic rings. The van der Waals surface area contributed by atoms with Crippen molar-refractivity contribution in [1.29, 1.82) is 5.26 Å². The number of pyridine rings is 3. The highest BCUT2D eigenvalue weighted by molar-refractivity contribution is 6.02. The topological polar surface area (TPSA) is 117 Å². The van der Waals surface area contributed by atoms with Gasteiger partial charge < -0.3 is 18.9 Å². The van der Waals surface area contributed by atoms with Crippen LogP contribution < -0.4 is 15.0 Å². The molecule has 3 aromatic heterocycles. The van der Waals surface area contributed by atoms with Gasteiger partial charge in [-0.15, -0.1) is 0 Å². The molecule has 0 bridgehead atoms. The van der Waals surface area contributed by atoms with Crippen molar-refractivity contribution < 1.29 is 18.7 Å². The molecule has 0 aliphatic carbocycles. The minimum absolute atomic E-state index is 0.0275. The Kier molecular flexibility index (Phi) is 10.5. The first-order valence-electron chi connectivity index (χ1n) is 18.0. The SMILES string of the molecule is COc1cc(-c2cn(C)c(=O)c3cnccc23)cc(OC)c1CN1CCN(Cc2cccc3c2CCN(C(=O)/C(C#N)=C\c2ccc(F)cn2)C3C)CC1. The molecule has 1 atom stereocenters. The number of carbonyl (C=O) groups excluding carboxylic acids is 1. The van der Waals surface area contributed by atoms with E-state index in [0.717, 1.165) is 78.1 Å². The number of aryl methyl sites for hydroxylation is 1. The highest BCUT2D eigenvalue weighted by atomic mass is 19.1. The van der Waals surface area contributed by atoms with Gasteiger partial charge in [0.25, 0.3) is 11.5 Å². The second-order valence-corrected chi connectivity index (χ2v) is 13.8. The van der Waals surface area contributed by atoms with E-state index in [4.69, 9.17) is 9.47 Å². The summed E-state index contributed by atoms with van der Waals surface area (Å²) in [7, 11) is 5.08. The van der Waals surface area contributed by atoms with E-state index in [0.29, 0.717) is 30.6 Å². The highest BCUT2D eigenvalue weighted by Crippen LogP contribution is 2.38. The third-order valence-corrected chi connectivity index (χ3v) is 10.6. The van der Waals surface area contributed by atoms with Gasteiger partial charge in [-0.2, -0.15) is 5.26 Å². The summed E-state index contributed by atoms with van der Waals surface area (Å²) in [5.74, 6) is 0.617. The fourth-order valence-corrected chi connectivity index (χ4v) is 7.69. The first kappa shape index (κ1) is 36.5. The molecule has 0 N–H and O–H groups in total. The molecule has 2 aliphatic rings. The number of rotatable bonds is 9. The average molecular weight is 728 g/mol. The van der Waals surface area contributed by atoms with Gasteiger partial charge in [0.2, 0.25) is 0 Å². The lowest BCUT2D eigenvalue weighted by molar-refractivity contribution is -0.129. The Bertz CT molecular complexity index is 2320. The van der Waals surface area contributed by atoms with Crippen LogP contribution in [0, 0.1) is 17.1 Å². The van der Waals surface area contributed by atoms with Crippen molar-refractivity contribution in [3.05, 3.63) is 123 Å². The molecule has 1 amide bonds. The number of nitrogens with zero attached hydrogens (tertiary/aromatic N) is 7. The molecule has 12 heteroatoms. The lowest BCUT2D eigenvalue weighted by atomic mass is 9.89. The van der Waals surface area contributed by atoms with Gasteiger partial charge in [0.15, 0.2) is 0 Å². The zero-order valence-corrected chi connectivity index (χ0v) is 30.9. The number of nitriles is 1. The Hall–Kier alpha value is -5.90. The van der Waals surface area contributed by atoms with Gasteiger partial charge in [-0.3, -0.25) is 29.4 Å². The van der Waals surface area contributed by atoms with Crippen molar-refractivity contribution >= 4 is 22.8 Å². The Morgan fingerprint density at radius 3 is 2.37 bits per heavy atom. The highest BCUT2D eigenvalue weighted by Gasteiger charge is 2.31. The predicted octanol–water partition coefficient (Wildman–Crippen LogP) is 5.52. The summed E-state index contributed by atoms with van der Waals surface area (Å²) in [5.41, 5.74) is 6.60. The molecular weight excluding hydrogens is 686 g/mol. The molecule has 0 spiro atoms. The van der Waals surface area contributed by atoms with E-state index >= 15 is 0 Å². The van der Waals surface area contributed by atoms with Gasteiger partial charge in [0, 0.05) is 77.0 Å². The van der Waals surface area contributed by atoms with E-state index < -0.39 is 5.82 Å². The molecule has 7 rings (SSSR count). The third-order valence-electron chi connectivity index (χ3n) is 10.6. The summed E-state index contributed by atoms with van der Waals surface area (Å²) in [5, 5.41) is 11.2. The maximum atomic E-state index is 13.5. The fourth-order valence-electron chi connectivity index (χ4n) is 7.69. The maximum Gasteiger partial charge on any atom is 0.265 e. The number of piperazine rings is 1. The number of benzene rings is 2. The maximum absolute atomic E-state index is 13.5. The van der Waals surface area contributed by atoms with E-state index in [2.05, 4.69) is 38.0 Å². The van der Waals surface area contributed by atoms with Gasteiger partial charge >= 0.3 is 0 Å². The second-order valence-electron chi connectivity index (χ2n) is 13.8. The molecule has 1 fully saturated rings. The number of hydrogen-bond acceptors (Lipinski definition) is 9. The molecule has 0 radical (unpaired) electrons. The van der Waals surface area contributed by atoms with Crippen LogP contribution in [-0.4, -0.2) is 82.1 Å². The van der Waals surface area contributed by atoms with Crippen LogP contribution in [0.15, 0.2) is 83.7 Å². The van der Waals surface area contributed by atoms with Crippen LogP contribution in [0.1, 0.15) is 40.9 Å². The van der Waals surface area contributed by atoms with E-state index in [1.807, 2.05) is 37.4 Å². The van der Waals surface area contributed by atoms with Crippen molar-refractivity contribution in [2.75, 3.05) is 46.9 Å². The lowest BCUT2D eigenvalue weighted by Gasteiger charge is -2.38. The summed E-state index contributed by atoms with van der Waals surface area (Å²) in [6.07, 6.45) is 8.32. The molecule has 0 saturated carbocycles. The zero-order chi connectivity index (χ0) is 37.9. The van der Waals surface area contributed by atoms with E-state index in [1.165, 1.54) is 29.3 Å². The van der Waals surface area contributed by atoms with Gasteiger partial charge in [0.1, 0.15) is 29.0 Å². The summed E-state index contributed by atoms with van der Waals surface area (Å²) in [6.45, 7) is 7.47. The van der Waals surface area contributed by atoms with Gasteiger partial charge in [-0.05, 0) is 77.4 Å². The number of ether oxygens (including phenoxy) is 2. The van der Waals surface area contributed by atoms with Crippen molar-refractivity contribution in [2.24, 2.45) is 7.05 Å². The summed E-state index contributed by atoms with van der Waals surface area (Å²) in [4.78, 5) is 41.1. The van der Waals surface area contributed by atoms with Crippen molar-refractivity contribution in [1.82, 2.24) is 29.2 Å². The molecular formula is C42H42FN7O4. The number of amides is 1. The molecule has 11 nitrogen and oxygen atoms in total. The van der Waals surface area contributed by atoms with Crippen LogP contribution in [0.2, 0.25) is 0 Å². The summed E-state index contributed by atoms with van der Waals surface area (Å²) >= 11 is 0. The zero-order valence-electron chi connectivity index (χ0n) is 30.9. The Morgan fingerprint density at radius 2 is 1.70 bits per heavy atom. The number of halogens is 1. The van der Waals surface area contributed by atoms with Crippen LogP contribution in [0.4, 0.5) is 4.39 Å². The first-order valence-corrected chi connectivity index (χ1v) is 18.0. The lowest BCUT2D eigenvalue weighted by Crippen LogP contribution is -2.45. The van der Waals surface area contributed by atoms with Gasteiger partial charge in [-0.1, -0.05) is 18.2 Å². The van der Waals surface area contributed by atoms with Crippen LogP contribution in [0.3, 0.4) is 0 Å². The third kappa shape index (κ3) is 7.20. The fraction of sp³-hybridized carbons (Fsp3) is 0.310. The van der Waals surface area contributed by atoms with Crippen molar-refractivity contribution in [3.63, 3.8) is 0 Å². The minimum atomic E-state index is -0.480. The molecule has 5 heterocycles. The number of fused-ring (bicyclic) bond motifs is 2. The summed E-state index contributed by atoms with van der Waals surface area (Å²) < 4.78 is 26.8. The van der Waals surface area contributed by atoms with E-state index in [-0.39, 0.29) is 23.1 Å². The number of carbonyl (C=O) groups is 1. The molecule has 1 unspecified atom stereocenters. The largest absolute Gasteiger partial charge is 0.496 e. The predicted molar refractivity (Wildman–Crippen MR) is 204 cm³/mol. The Labute approximate surface area is 313 Å². The van der Waals surface area contributed by atoms with Gasteiger partial charge in [-0.25, -0.2) is 4.39 Å². The van der Waals surface area contributed by atoms with Crippen molar-refractivity contribution in [2.45, 2.75) is 32.5 Å². The molecule has 1 saturated heterocycles. The molecule has 276 valence electrons. The van der Waals surface area contributed by atoms with Crippen LogP contribution >= 0.6 is 0 Å². The number of methoxy groups -OCH3 is 2. The second kappa shape index (κ2) is 15.6.